The lowest BCUT2D eigenvalue weighted by Gasteiger charge is -2.32. The summed E-state index contributed by atoms with van der Waals surface area (Å²) >= 11 is 0. The number of carbonyl (C=O) groups is 1. The molecule has 0 spiro atoms. The molecule has 1 aromatic rings. The van der Waals surface area contributed by atoms with E-state index >= 15 is 0 Å². The predicted octanol–water partition coefficient (Wildman–Crippen LogP) is 0.632. The van der Waals surface area contributed by atoms with Crippen LogP contribution >= 0.6 is 0 Å². The van der Waals surface area contributed by atoms with Gasteiger partial charge in [0.05, 0.1) is 25.2 Å². The maximum atomic E-state index is 12.0. The molecule has 0 unspecified atom stereocenters. The van der Waals surface area contributed by atoms with Crippen molar-refractivity contribution in [2.45, 2.75) is 19.1 Å². The normalized spacial score (nSPS) is 23.0. The maximum Gasteiger partial charge on any atom is 0.227 e. The van der Waals surface area contributed by atoms with Crippen molar-refractivity contribution in [3.05, 3.63) is 35.9 Å². The van der Waals surface area contributed by atoms with E-state index in [2.05, 4.69) is 10.2 Å². The summed E-state index contributed by atoms with van der Waals surface area (Å²) < 4.78 is 5.52. The number of aliphatic hydroxyl groups excluding tert-OH is 1. The largest absolute Gasteiger partial charge is 0.392 e. The van der Waals surface area contributed by atoms with E-state index in [1.54, 1.807) is 0 Å². The molecule has 1 fully saturated rings. The lowest BCUT2D eigenvalue weighted by atomic mass is 9.94. The highest BCUT2D eigenvalue weighted by molar-refractivity contribution is 5.79. The number of rotatable bonds is 6. The Morgan fingerprint density at radius 3 is 2.95 bits per heavy atom. The summed E-state index contributed by atoms with van der Waals surface area (Å²) in [5, 5.41) is 12.7. The average Bonchev–Trinajstić information content (AvgIpc) is 2.50. The highest BCUT2D eigenvalue weighted by Gasteiger charge is 2.31. The van der Waals surface area contributed by atoms with Crippen molar-refractivity contribution < 1.29 is 14.6 Å². The van der Waals surface area contributed by atoms with Crippen LogP contribution in [0.15, 0.2) is 30.3 Å². The van der Waals surface area contributed by atoms with Crippen LogP contribution in [0.3, 0.4) is 0 Å². The SMILES string of the molecule is CN1CC[C@H](O)[C@H](C(=O)NCCOCc2ccccc2)C1. The van der Waals surface area contributed by atoms with E-state index in [0.29, 0.717) is 32.7 Å². The van der Waals surface area contributed by atoms with Gasteiger partial charge in [0.1, 0.15) is 0 Å². The molecule has 0 radical (unpaired) electrons. The minimum absolute atomic E-state index is 0.0858. The first-order chi connectivity index (χ1) is 10.2. The molecule has 21 heavy (non-hydrogen) atoms. The molecule has 0 bridgehead atoms. The van der Waals surface area contributed by atoms with Gasteiger partial charge in [0, 0.05) is 19.6 Å². The fraction of sp³-hybridized carbons (Fsp3) is 0.562. The Labute approximate surface area is 125 Å². The second-order valence-electron chi connectivity index (χ2n) is 5.55. The maximum absolute atomic E-state index is 12.0. The lowest BCUT2D eigenvalue weighted by Crippen LogP contribution is -2.49. The zero-order chi connectivity index (χ0) is 15.1. The fourth-order valence-corrected chi connectivity index (χ4v) is 2.50. The van der Waals surface area contributed by atoms with Gasteiger partial charge in [-0.3, -0.25) is 4.79 Å². The van der Waals surface area contributed by atoms with Gasteiger partial charge in [-0.2, -0.15) is 0 Å². The third-order valence-corrected chi connectivity index (χ3v) is 3.77. The van der Waals surface area contributed by atoms with Crippen molar-refractivity contribution >= 4 is 5.91 Å². The molecule has 2 atom stereocenters. The quantitative estimate of drug-likeness (QED) is 0.755. The molecular formula is C16H24N2O3. The summed E-state index contributed by atoms with van der Waals surface area (Å²) in [6.07, 6.45) is 0.116. The van der Waals surface area contributed by atoms with Crippen LogP contribution in [0.4, 0.5) is 0 Å². The first-order valence-corrected chi connectivity index (χ1v) is 7.43. The molecule has 0 aromatic heterocycles. The second-order valence-corrected chi connectivity index (χ2v) is 5.55. The van der Waals surface area contributed by atoms with E-state index < -0.39 is 6.10 Å². The molecule has 0 aliphatic carbocycles. The van der Waals surface area contributed by atoms with Gasteiger partial charge < -0.3 is 20.1 Å². The highest BCUT2D eigenvalue weighted by Crippen LogP contribution is 2.15. The van der Waals surface area contributed by atoms with Gasteiger partial charge in [-0.25, -0.2) is 0 Å². The molecule has 2 rings (SSSR count). The van der Waals surface area contributed by atoms with E-state index in [9.17, 15) is 9.90 Å². The van der Waals surface area contributed by atoms with Crippen molar-refractivity contribution in [2.75, 3.05) is 33.3 Å². The monoisotopic (exact) mass is 292 g/mol. The lowest BCUT2D eigenvalue weighted by molar-refractivity contribution is -0.131. The third-order valence-electron chi connectivity index (χ3n) is 3.77. The predicted molar refractivity (Wildman–Crippen MR) is 80.7 cm³/mol. The summed E-state index contributed by atoms with van der Waals surface area (Å²) in [4.78, 5) is 14.1. The summed E-state index contributed by atoms with van der Waals surface area (Å²) in [5.41, 5.74) is 1.12. The smallest absolute Gasteiger partial charge is 0.227 e. The van der Waals surface area contributed by atoms with E-state index in [-0.39, 0.29) is 11.8 Å². The molecule has 1 aliphatic heterocycles. The Bertz CT molecular complexity index is 438. The van der Waals surface area contributed by atoms with Crippen LogP contribution in [-0.4, -0.2) is 55.3 Å². The number of amides is 1. The van der Waals surface area contributed by atoms with E-state index in [1.807, 2.05) is 37.4 Å². The standard InChI is InChI=1S/C16H24N2O3/c1-18-9-7-15(19)14(11-18)16(20)17-8-10-21-12-13-5-3-2-4-6-13/h2-6,14-15,19H,7-12H2,1H3,(H,17,20)/t14-,15+/m1/s1. The number of hydrogen-bond acceptors (Lipinski definition) is 4. The number of likely N-dealkylation sites (tertiary alicyclic amines) is 1. The second kappa shape index (κ2) is 8.12. The zero-order valence-corrected chi connectivity index (χ0v) is 12.5. The van der Waals surface area contributed by atoms with Crippen molar-refractivity contribution in [1.29, 1.82) is 0 Å². The summed E-state index contributed by atoms with van der Waals surface area (Å²) in [6.45, 7) is 2.94. The van der Waals surface area contributed by atoms with Crippen LogP contribution < -0.4 is 5.32 Å². The van der Waals surface area contributed by atoms with Gasteiger partial charge in [0.25, 0.3) is 0 Å². The molecule has 0 saturated carbocycles. The number of nitrogens with zero attached hydrogens (tertiary/aromatic N) is 1. The Hall–Kier alpha value is -1.43. The molecule has 1 saturated heterocycles. The van der Waals surface area contributed by atoms with Crippen molar-refractivity contribution in [3.8, 4) is 0 Å². The van der Waals surface area contributed by atoms with Crippen LogP contribution in [0.5, 0.6) is 0 Å². The number of ether oxygens (including phenoxy) is 1. The first-order valence-electron chi connectivity index (χ1n) is 7.43. The van der Waals surface area contributed by atoms with Gasteiger partial charge in [0.15, 0.2) is 0 Å². The zero-order valence-electron chi connectivity index (χ0n) is 12.5. The minimum Gasteiger partial charge on any atom is -0.392 e. The molecule has 1 aliphatic rings. The Balaban J connectivity index is 1.63. The van der Waals surface area contributed by atoms with Crippen molar-refractivity contribution in [1.82, 2.24) is 10.2 Å². The number of hydrogen-bond donors (Lipinski definition) is 2. The molecule has 5 heteroatoms. The number of piperidine rings is 1. The van der Waals surface area contributed by atoms with Crippen LogP contribution in [0, 0.1) is 5.92 Å². The summed E-state index contributed by atoms with van der Waals surface area (Å²) in [7, 11) is 1.97. The molecule has 116 valence electrons. The summed E-state index contributed by atoms with van der Waals surface area (Å²) in [6, 6.07) is 9.93. The van der Waals surface area contributed by atoms with Gasteiger partial charge >= 0.3 is 0 Å². The number of benzene rings is 1. The van der Waals surface area contributed by atoms with Crippen molar-refractivity contribution in [2.24, 2.45) is 5.92 Å². The topological polar surface area (TPSA) is 61.8 Å². The molecule has 1 aromatic carbocycles. The molecule has 1 amide bonds. The molecule has 1 heterocycles. The van der Waals surface area contributed by atoms with E-state index in [0.717, 1.165) is 12.1 Å². The molecular weight excluding hydrogens is 268 g/mol. The molecule has 5 nitrogen and oxygen atoms in total. The number of aliphatic hydroxyl groups is 1. The van der Waals surface area contributed by atoms with Gasteiger partial charge in [0.2, 0.25) is 5.91 Å². The van der Waals surface area contributed by atoms with Gasteiger partial charge in [-0.05, 0) is 19.0 Å². The van der Waals surface area contributed by atoms with Crippen LogP contribution in [0.1, 0.15) is 12.0 Å². The Morgan fingerprint density at radius 2 is 2.19 bits per heavy atom. The molecule has 2 N–H and O–H groups in total. The number of carbonyl (C=O) groups excluding carboxylic acids is 1. The minimum atomic E-state index is -0.536. The van der Waals surface area contributed by atoms with Gasteiger partial charge in [-0.1, -0.05) is 30.3 Å². The van der Waals surface area contributed by atoms with Crippen LogP contribution in [-0.2, 0) is 16.1 Å². The number of nitrogens with one attached hydrogen (secondary N) is 1. The third kappa shape index (κ3) is 5.12. The summed E-state index contributed by atoms with van der Waals surface area (Å²) in [5.74, 6) is -0.421. The van der Waals surface area contributed by atoms with Gasteiger partial charge in [-0.15, -0.1) is 0 Å². The van der Waals surface area contributed by atoms with E-state index in [1.165, 1.54) is 0 Å². The van der Waals surface area contributed by atoms with Crippen LogP contribution in [0.2, 0.25) is 0 Å². The fourth-order valence-electron chi connectivity index (χ4n) is 2.50. The van der Waals surface area contributed by atoms with Crippen molar-refractivity contribution in [3.63, 3.8) is 0 Å². The first kappa shape index (κ1) is 15.9. The highest BCUT2D eigenvalue weighted by atomic mass is 16.5. The Morgan fingerprint density at radius 1 is 1.43 bits per heavy atom. The van der Waals surface area contributed by atoms with Crippen LogP contribution in [0.25, 0.3) is 0 Å². The van der Waals surface area contributed by atoms with E-state index in [4.69, 9.17) is 4.74 Å². The average molecular weight is 292 g/mol. The Kier molecular flexibility index (Phi) is 6.17.